The van der Waals surface area contributed by atoms with Crippen LogP contribution in [0.25, 0.3) is 0 Å². The summed E-state index contributed by atoms with van der Waals surface area (Å²) in [7, 11) is 0. The fraction of sp³-hybridized carbons (Fsp3) is 0.300. The van der Waals surface area contributed by atoms with Crippen LogP contribution in [0.4, 0.5) is 10.5 Å². The van der Waals surface area contributed by atoms with Gasteiger partial charge in [-0.2, -0.15) is 0 Å². The summed E-state index contributed by atoms with van der Waals surface area (Å²) in [5.41, 5.74) is 0.801. The number of benzene rings is 1. The predicted octanol–water partition coefficient (Wildman–Crippen LogP) is 3.20. The number of urea groups is 1. The molecule has 82 valence electrons. The van der Waals surface area contributed by atoms with Crippen molar-refractivity contribution < 1.29 is 4.79 Å². The highest BCUT2D eigenvalue weighted by atomic mass is 127. The Labute approximate surface area is 111 Å². The van der Waals surface area contributed by atoms with E-state index < -0.39 is 0 Å². The number of carbonyl (C=O) groups excluding carboxylic acids is 1. The van der Waals surface area contributed by atoms with Gasteiger partial charge in [0, 0.05) is 20.6 Å². The van der Waals surface area contributed by atoms with Gasteiger partial charge >= 0.3 is 6.03 Å². The van der Waals surface area contributed by atoms with Crippen molar-refractivity contribution in [2.75, 3.05) is 10.6 Å². The van der Waals surface area contributed by atoms with Crippen LogP contribution in [-0.4, -0.2) is 17.4 Å². The molecule has 0 bridgehead atoms. The van der Waals surface area contributed by atoms with Gasteiger partial charge in [-0.15, -0.1) is 0 Å². The molecular weight excluding hydrogens is 371 g/mol. The molecule has 0 aliphatic rings. The number of halogens is 2. The average Bonchev–Trinajstić information content (AvgIpc) is 2.21. The quantitative estimate of drug-likeness (QED) is 0.611. The number of nitrogens with one attached hydrogen (secondary N) is 2. The van der Waals surface area contributed by atoms with Gasteiger partial charge in [0.15, 0.2) is 0 Å². The van der Waals surface area contributed by atoms with Gasteiger partial charge < -0.3 is 10.6 Å². The van der Waals surface area contributed by atoms with Crippen molar-refractivity contribution in [2.45, 2.75) is 13.0 Å². The lowest BCUT2D eigenvalue weighted by Crippen LogP contribution is -2.36. The van der Waals surface area contributed by atoms with Gasteiger partial charge in [0.25, 0.3) is 0 Å². The Morgan fingerprint density at radius 3 is 2.60 bits per heavy atom. The number of hydrogen-bond acceptors (Lipinski definition) is 1. The molecule has 3 nitrogen and oxygen atoms in total. The summed E-state index contributed by atoms with van der Waals surface area (Å²) in [6.07, 6.45) is 0. The number of anilines is 1. The summed E-state index contributed by atoms with van der Waals surface area (Å²) >= 11 is 5.52. The molecule has 15 heavy (non-hydrogen) atoms. The van der Waals surface area contributed by atoms with Crippen molar-refractivity contribution in [2.24, 2.45) is 0 Å². The molecule has 1 aromatic rings. The van der Waals surface area contributed by atoms with Crippen molar-refractivity contribution in [3.8, 4) is 0 Å². The van der Waals surface area contributed by atoms with Gasteiger partial charge in [-0.05, 0) is 53.8 Å². The summed E-state index contributed by atoms with van der Waals surface area (Å²) in [5, 5.41) is 6.30. The van der Waals surface area contributed by atoms with Crippen molar-refractivity contribution in [1.82, 2.24) is 5.32 Å². The molecule has 0 saturated heterocycles. The van der Waals surface area contributed by atoms with E-state index in [1.807, 2.05) is 31.2 Å². The number of alkyl halides is 1. The van der Waals surface area contributed by atoms with E-state index in [9.17, 15) is 4.79 Å². The molecule has 1 atom stereocenters. The number of amides is 2. The highest BCUT2D eigenvalue weighted by Crippen LogP contribution is 2.10. The third-order valence-corrected chi connectivity index (χ3v) is 3.40. The van der Waals surface area contributed by atoms with Crippen LogP contribution in [0.5, 0.6) is 0 Å². The lowest BCUT2D eigenvalue weighted by atomic mass is 10.3. The second-order valence-electron chi connectivity index (χ2n) is 3.16. The van der Waals surface area contributed by atoms with Crippen molar-refractivity contribution in [3.63, 3.8) is 0 Å². The molecule has 0 aromatic heterocycles. The molecule has 1 rings (SSSR count). The van der Waals surface area contributed by atoms with Crippen LogP contribution in [0.15, 0.2) is 24.3 Å². The minimum absolute atomic E-state index is 0.119. The molecule has 0 fully saturated rings. The maximum atomic E-state index is 11.4. The van der Waals surface area contributed by atoms with Gasteiger partial charge in [0.05, 0.1) is 0 Å². The van der Waals surface area contributed by atoms with Crippen LogP contribution in [-0.2, 0) is 0 Å². The van der Waals surface area contributed by atoms with Gasteiger partial charge in [-0.25, -0.2) is 4.79 Å². The average molecular weight is 383 g/mol. The molecule has 5 heteroatoms. The van der Waals surface area contributed by atoms with E-state index >= 15 is 0 Å². The van der Waals surface area contributed by atoms with E-state index in [1.165, 1.54) is 0 Å². The van der Waals surface area contributed by atoms with E-state index in [1.54, 1.807) is 0 Å². The minimum Gasteiger partial charge on any atom is -0.335 e. The summed E-state index contributed by atoms with van der Waals surface area (Å²) < 4.78 is 1.15. The largest absolute Gasteiger partial charge is 0.335 e. The first-order valence-electron chi connectivity index (χ1n) is 4.51. The Hall–Kier alpha value is -0.300. The van der Waals surface area contributed by atoms with E-state index in [4.69, 9.17) is 0 Å². The smallest absolute Gasteiger partial charge is 0.319 e. The second kappa shape index (κ2) is 6.32. The molecule has 0 spiro atoms. The van der Waals surface area contributed by atoms with Crippen LogP contribution in [0.3, 0.4) is 0 Å². The number of carbonyl (C=O) groups is 1. The van der Waals surface area contributed by atoms with Gasteiger partial charge in [0.1, 0.15) is 0 Å². The van der Waals surface area contributed by atoms with Crippen molar-refractivity contribution in [1.29, 1.82) is 0 Å². The molecule has 1 aromatic carbocycles. The Bertz CT molecular complexity index is 329. The summed E-state index contributed by atoms with van der Waals surface area (Å²) in [5.74, 6) is 0. The fourth-order valence-corrected chi connectivity index (χ4v) is 1.48. The topological polar surface area (TPSA) is 41.1 Å². The van der Waals surface area contributed by atoms with Crippen LogP contribution in [0.2, 0.25) is 0 Å². The zero-order valence-corrected chi connectivity index (χ0v) is 12.0. The normalized spacial score (nSPS) is 11.9. The number of hydrogen-bond donors (Lipinski definition) is 2. The fourth-order valence-electron chi connectivity index (χ4n) is 0.963. The first kappa shape index (κ1) is 12.8. The molecule has 0 radical (unpaired) electrons. The second-order valence-corrected chi connectivity index (χ2v) is 5.05. The highest BCUT2D eigenvalue weighted by Gasteiger charge is 2.05. The molecule has 0 aliphatic carbocycles. The molecule has 2 N–H and O–H groups in total. The highest BCUT2D eigenvalue weighted by molar-refractivity contribution is 14.1. The number of rotatable bonds is 3. The molecule has 2 amide bonds. The molecule has 0 unspecified atom stereocenters. The maximum Gasteiger partial charge on any atom is 0.319 e. The Kier molecular flexibility index (Phi) is 5.38. The first-order valence-corrected chi connectivity index (χ1v) is 6.71. The van der Waals surface area contributed by atoms with Crippen LogP contribution < -0.4 is 10.6 Å². The van der Waals surface area contributed by atoms with Crippen molar-refractivity contribution in [3.05, 3.63) is 27.8 Å². The SMILES string of the molecule is C[C@@H](CBr)NC(=O)Nc1ccc(I)cc1. The van der Waals surface area contributed by atoms with Gasteiger partial charge in [-0.1, -0.05) is 15.9 Å². The van der Waals surface area contributed by atoms with Crippen LogP contribution in [0.1, 0.15) is 6.92 Å². The molecule has 0 saturated carbocycles. The summed E-state index contributed by atoms with van der Waals surface area (Å²) in [6, 6.07) is 7.59. The zero-order chi connectivity index (χ0) is 11.3. The monoisotopic (exact) mass is 382 g/mol. The van der Waals surface area contributed by atoms with E-state index in [2.05, 4.69) is 49.2 Å². The third-order valence-electron chi connectivity index (χ3n) is 1.71. The van der Waals surface area contributed by atoms with Crippen LogP contribution in [0, 0.1) is 3.57 Å². The lowest BCUT2D eigenvalue weighted by molar-refractivity contribution is 0.250. The van der Waals surface area contributed by atoms with Gasteiger partial charge in [-0.3, -0.25) is 0 Å². The summed E-state index contributed by atoms with van der Waals surface area (Å²) in [4.78, 5) is 11.4. The lowest BCUT2D eigenvalue weighted by Gasteiger charge is -2.11. The van der Waals surface area contributed by atoms with Crippen LogP contribution >= 0.6 is 38.5 Å². The maximum absolute atomic E-state index is 11.4. The zero-order valence-electron chi connectivity index (χ0n) is 8.26. The van der Waals surface area contributed by atoms with Gasteiger partial charge in [0.2, 0.25) is 0 Å². The Balaban J connectivity index is 2.48. The first-order chi connectivity index (χ1) is 7.11. The predicted molar refractivity (Wildman–Crippen MR) is 74.6 cm³/mol. The molecule has 0 aliphatic heterocycles. The Morgan fingerprint density at radius 1 is 1.47 bits per heavy atom. The standard InChI is InChI=1S/C10H12BrIN2O/c1-7(6-11)13-10(15)14-9-4-2-8(12)3-5-9/h2-5,7H,6H2,1H3,(H2,13,14,15)/t7-/m0/s1. The minimum atomic E-state index is -0.178. The third kappa shape index (κ3) is 4.83. The molecule has 0 heterocycles. The summed E-state index contributed by atoms with van der Waals surface area (Å²) in [6.45, 7) is 1.93. The van der Waals surface area contributed by atoms with Crippen molar-refractivity contribution >= 4 is 50.2 Å². The van der Waals surface area contributed by atoms with E-state index in [0.29, 0.717) is 0 Å². The van der Waals surface area contributed by atoms with E-state index in [0.717, 1.165) is 14.6 Å². The molecular formula is C10H12BrIN2O. The Morgan fingerprint density at radius 2 is 2.07 bits per heavy atom. The van der Waals surface area contributed by atoms with E-state index in [-0.39, 0.29) is 12.1 Å².